The number of rotatable bonds is 41. The van der Waals surface area contributed by atoms with Crippen LogP contribution in [0.4, 0.5) is 0 Å². The van der Waals surface area contributed by atoms with Gasteiger partial charge in [-0.2, -0.15) is 0 Å². The summed E-state index contributed by atoms with van der Waals surface area (Å²) in [5.74, 6) is -5.27. The van der Waals surface area contributed by atoms with Crippen LogP contribution >= 0.6 is 0 Å². The summed E-state index contributed by atoms with van der Waals surface area (Å²) in [5.41, 5.74) is 0.0776. The summed E-state index contributed by atoms with van der Waals surface area (Å²) in [7, 11) is 0. The number of carbonyl (C=O) groups excluding carboxylic acids is 9. The van der Waals surface area contributed by atoms with Gasteiger partial charge in [0.05, 0.1) is 44.5 Å². The lowest BCUT2D eigenvalue weighted by Crippen LogP contribution is -2.61. The molecule has 0 aromatic heterocycles. The SMILES string of the molecule is CC(C)CC[C@H](NC(=O)[C@H](Cc1ccccc1)NC(=O)[C@H](CC(C)C)NC(=O)[C@H](CCc1ccccc1)NCC(C)(O)C(=O)C(CC(C)C)NC(=O)[C@H](Cc1ccccc1)NC(=O)C(CC(C)C)NC(=O)[C@H](CCc1ccccc1)NC(=O)CN1CCOCC1)C(=O)[C@@]1(C)CO1. The summed E-state index contributed by atoms with van der Waals surface area (Å²) in [4.78, 5) is 132. The summed E-state index contributed by atoms with van der Waals surface area (Å²) in [6.45, 7) is 20.3. The first-order chi connectivity index (χ1) is 45.7. The Hall–Kier alpha value is -7.69. The number of epoxide rings is 1. The Labute approximate surface area is 568 Å². The summed E-state index contributed by atoms with van der Waals surface area (Å²) >= 11 is 0. The van der Waals surface area contributed by atoms with Crippen LogP contribution in [0.2, 0.25) is 0 Å². The third kappa shape index (κ3) is 26.4. The van der Waals surface area contributed by atoms with Crippen LogP contribution < -0.4 is 42.5 Å². The molecule has 0 radical (unpaired) electrons. The van der Waals surface area contributed by atoms with E-state index in [1.54, 1.807) is 31.2 Å². The van der Waals surface area contributed by atoms with Crippen molar-refractivity contribution >= 4 is 52.9 Å². The molecule has 4 aromatic carbocycles. The lowest BCUT2D eigenvalue weighted by Gasteiger charge is -2.32. The van der Waals surface area contributed by atoms with Crippen LogP contribution in [-0.2, 0) is 78.3 Å². The summed E-state index contributed by atoms with van der Waals surface area (Å²) in [6, 6.07) is 28.2. The standard InChI is InChI=1S/C75H107N9O12/c1-49(2)31-34-57(67(87)75(10)48-96-75)78-72(92)63(44-55-27-19-13-20-28-55)82-70(90)61(42-51(5)6)80-68(88)58(35-32-53-23-15-11-16-24-53)76-47-74(9,94)66(86)60(41-50(3)4)79-73(93)64(45-56-29-21-14-22-30-56)83-71(91)62(43-52(7)8)81-69(89)59(36-33-54-25-17-12-18-26-54)77-65(85)46-84-37-39-95-40-38-84/h11-30,49-52,57-64,76,94H,31-48H2,1-10H3,(H,77,85)(H,78,92)(H,79,93)(H,80,88)(H,81,89)(H,82,90)(H,83,91)/t57-,58-,59-,60?,61-,62?,63-,64-,74?,75+/m0/s1. The van der Waals surface area contributed by atoms with Gasteiger partial charge in [-0.1, -0.05) is 177 Å². The van der Waals surface area contributed by atoms with Crippen molar-refractivity contribution in [2.24, 2.45) is 23.7 Å². The van der Waals surface area contributed by atoms with Gasteiger partial charge in [-0.05, 0) is 118 Å². The molecule has 0 bridgehead atoms. The lowest BCUT2D eigenvalue weighted by molar-refractivity contribution is -0.141. The van der Waals surface area contributed by atoms with Gasteiger partial charge < -0.3 is 57.1 Å². The molecule has 2 saturated heterocycles. The topological polar surface area (TPSA) is 295 Å². The van der Waals surface area contributed by atoms with E-state index in [0.29, 0.717) is 57.6 Å². The fraction of sp³-hybridized carbons (Fsp3) is 0.560. The van der Waals surface area contributed by atoms with Crippen LogP contribution in [-0.4, -0.2) is 168 Å². The molecular weight excluding hydrogens is 1220 g/mol. The van der Waals surface area contributed by atoms with Gasteiger partial charge in [-0.3, -0.25) is 48.1 Å². The molecule has 0 saturated carbocycles. The van der Waals surface area contributed by atoms with E-state index < -0.39 is 107 Å². The fourth-order valence-electron chi connectivity index (χ4n) is 11.7. The number of carbonyl (C=O) groups is 9. The molecule has 0 aliphatic carbocycles. The number of amides is 7. The Morgan fingerprint density at radius 2 is 0.823 bits per heavy atom. The molecule has 21 heteroatoms. The number of aryl methyl sites for hydroxylation is 2. The highest BCUT2D eigenvalue weighted by Crippen LogP contribution is 2.30. The van der Waals surface area contributed by atoms with E-state index in [9.17, 15) is 48.3 Å². The summed E-state index contributed by atoms with van der Waals surface area (Å²) < 4.78 is 11.0. The quantitative estimate of drug-likeness (QED) is 0.0242. The maximum atomic E-state index is 15.0. The van der Waals surface area contributed by atoms with Gasteiger partial charge in [0.15, 0.2) is 11.6 Å². The first-order valence-corrected chi connectivity index (χ1v) is 34.4. The second-order valence-electron chi connectivity index (χ2n) is 28.1. The van der Waals surface area contributed by atoms with E-state index >= 15 is 0 Å². The van der Waals surface area contributed by atoms with Crippen molar-refractivity contribution in [1.82, 2.24) is 47.4 Å². The minimum absolute atomic E-state index is 0.0111. The average Bonchev–Trinajstić information content (AvgIpc) is 1.57. The largest absolute Gasteiger partial charge is 0.381 e. The number of hydrogen-bond acceptors (Lipinski definition) is 14. The van der Waals surface area contributed by atoms with Gasteiger partial charge in [-0.15, -0.1) is 0 Å². The molecule has 6 rings (SSSR count). The fourth-order valence-corrected chi connectivity index (χ4v) is 11.7. The number of ether oxygens (including phenoxy) is 2. The lowest BCUT2D eigenvalue weighted by atomic mass is 9.89. The van der Waals surface area contributed by atoms with Gasteiger partial charge in [-0.25, -0.2) is 0 Å². The van der Waals surface area contributed by atoms with Gasteiger partial charge in [0.1, 0.15) is 41.4 Å². The Kier molecular flexibility index (Phi) is 30.8. The number of aliphatic hydroxyl groups is 1. The molecular formula is C75H107N9O12. The predicted octanol–water partition coefficient (Wildman–Crippen LogP) is 5.67. The first kappa shape index (κ1) is 77.3. The van der Waals surface area contributed by atoms with Crippen molar-refractivity contribution < 1.29 is 57.7 Å². The number of ketones is 2. The maximum Gasteiger partial charge on any atom is 0.243 e. The minimum atomic E-state index is -2.22. The van der Waals surface area contributed by atoms with Crippen molar-refractivity contribution in [1.29, 1.82) is 0 Å². The molecule has 0 spiro atoms. The first-order valence-electron chi connectivity index (χ1n) is 34.4. The molecule has 2 fully saturated rings. The van der Waals surface area contributed by atoms with Crippen LogP contribution in [0.25, 0.3) is 0 Å². The van der Waals surface area contributed by atoms with Crippen LogP contribution in [0, 0.1) is 23.7 Å². The van der Waals surface area contributed by atoms with E-state index in [0.717, 1.165) is 16.7 Å². The number of benzene rings is 4. The zero-order chi connectivity index (χ0) is 70.0. The third-order valence-corrected chi connectivity index (χ3v) is 17.4. The molecule has 7 amide bonds. The Morgan fingerprint density at radius 3 is 1.25 bits per heavy atom. The van der Waals surface area contributed by atoms with E-state index in [1.807, 2.05) is 157 Å². The normalized spacial score (nSPS) is 17.9. The Bertz CT molecular complexity index is 3120. The second kappa shape index (κ2) is 38.3. The summed E-state index contributed by atoms with van der Waals surface area (Å²) in [6.07, 6.45) is 2.77. The zero-order valence-electron chi connectivity index (χ0n) is 58.1. The van der Waals surface area contributed by atoms with Gasteiger partial charge >= 0.3 is 0 Å². The summed E-state index contributed by atoms with van der Waals surface area (Å²) in [5, 5.41) is 35.9. The maximum absolute atomic E-state index is 15.0. The molecule has 2 heterocycles. The second-order valence-corrected chi connectivity index (χ2v) is 28.1. The van der Waals surface area contributed by atoms with Crippen molar-refractivity contribution in [3.8, 4) is 0 Å². The zero-order valence-corrected chi connectivity index (χ0v) is 58.1. The molecule has 3 unspecified atom stereocenters. The van der Waals surface area contributed by atoms with Gasteiger partial charge in [0.25, 0.3) is 0 Å². The molecule has 2 aliphatic heterocycles. The van der Waals surface area contributed by atoms with Crippen LogP contribution in [0.5, 0.6) is 0 Å². The number of morpholine rings is 1. The number of nitrogens with one attached hydrogen (secondary N) is 8. The highest BCUT2D eigenvalue weighted by molar-refractivity contribution is 6.00. The van der Waals surface area contributed by atoms with Crippen molar-refractivity contribution in [3.05, 3.63) is 144 Å². The highest BCUT2D eigenvalue weighted by Gasteiger charge is 2.50. The van der Waals surface area contributed by atoms with E-state index in [-0.39, 0.29) is 93.5 Å². The molecule has 96 heavy (non-hydrogen) atoms. The highest BCUT2D eigenvalue weighted by atomic mass is 16.6. The average molecular weight is 1330 g/mol. The van der Waals surface area contributed by atoms with Gasteiger partial charge in [0, 0.05) is 32.5 Å². The van der Waals surface area contributed by atoms with Crippen molar-refractivity contribution in [2.75, 3.05) is 46.0 Å². The monoisotopic (exact) mass is 1330 g/mol. The third-order valence-electron chi connectivity index (χ3n) is 17.4. The number of Topliss-reactive ketones (excluding diaryl/α,β-unsaturated/α-hetero) is 2. The van der Waals surface area contributed by atoms with E-state index in [1.165, 1.54) is 6.92 Å². The van der Waals surface area contributed by atoms with Gasteiger partial charge in [0.2, 0.25) is 41.4 Å². The molecule has 2 aliphatic rings. The van der Waals surface area contributed by atoms with Crippen molar-refractivity contribution in [3.63, 3.8) is 0 Å². The van der Waals surface area contributed by atoms with Crippen LogP contribution in [0.3, 0.4) is 0 Å². The molecule has 21 nitrogen and oxygen atoms in total. The van der Waals surface area contributed by atoms with Crippen LogP contribution in [0.1, 0.15) is 136 Å². The Balaban J connectivity index is 1.20. The Morgan fingerprint density at radius 1 is 0.458 bits per heavy atom. The van der Waals surface area contributed by atoms with E-state index in [4.69, 9.17) is 9.47 Å². The van der Waals surface area contributed by atoms with E-state index in [2.05, 4.69) is 42.5 Å². The number of hydrogen-bond donors (Lipinski definition) is 9. The molecule has 4 aromatic rings. The molecule has 9 N–H and O–H groups in total. The predicted molar refractivity (Wildman–Crippen MR) is 370 cm³/mol. The smallest absolute Gasteiger partial charge is 0.243 e. The minimum Gasteiger partial charge on any atom is -0.381 e. The molecule has 10 atom stereocenters. The molecule has 524 valence electrons. The van der Waals surface area contributed by atoms with Crippen molar-refractivity contribution in [2.45, 2.75) is 199 Å². The van der Waals surface area contributed by atoms with Crippen LogP contribution in [0.15, 0.2) is 121 Å². The number of nitrogens with zero attached hydrogens (tertiary/aromatic N) is 1.